The van der Waals surface area contributed by atoms with Gasteiger partial charge in [-0.25, -0.2) is 4.98 Å². The largest absolute Gasteiger partial charge is 0.396 e. The number of nitrogens with zero attached hydrogens (tertiary/aromatic N) is 2. The molecule has 2 aromatic rings. The van der Waals surface area contributed by atoms with Crippen LogP contribution in [-0.4, -0.2) is 37.4 Å². The van der Waals surface area contributed by atoms with E-state index in [-0.39, 0.29) is 13.0 Å². The molecule has 2 heterocycles. The van der Waals surface area contributed by atoms with Gasteiger partial charge in [0.05, 0.1) is 18.0 Å². The van der Waals surface area contributed by atoms with Gasteiger partial charge in [0.2, 0.25) is 0 Å². The van der Waals surface area contributed by atoms with Crippen LogP contribution in [0.15, 0.2) is 30.6 Å². The molecule has 5 heteroatoms. The van der Waals surface area contributed by atoms with Gasteiger partial charge in [-0.1, -0.05) is 6.07 Å². The molecule has 2 unspecified atom stereocenters. The van der Waals surface area contributed by atoms with Crippen molar-refractivity contribution in [2.24, 2.45) is 0 Å². The normalized spacial score (nSPS) is 15.2. The first-order valence-corrected chi connectivity index (χ1v) is 5.13. The number of aliphatic hydroxyl groups excluding tert-OH is 3. The predicted octanol–water partition coefficient (Wildman–Crippen LogP) is 0.111. The number of imidazole rings is 1. The summed E-state index contributed by atoms with van der Waals surface area (Å²) < 4.78 is 1.71. The summed E-state index contributed by atoms with van der Waals surface area (Å²) in [7, 11) is 0. The van der Waals surface area contributed by atoms with Crippen molar-refractivity contribution in [1.82, 2.24) is 9.38 Å². The smallest absolute Gasteiger partial charge is 0.136 e. The molecule has 0 amide bonds. The van der Waals surface area contributed by atoms with Crippen LogP contribution in [0.25, 0.3) is 5.65 Å². The van der Waals surface area contributed by atoms with Crippen molar-refractivity contribution in [3.63, 3.8) is 0 Å². The van der Waals surface area contributed by atoms with Gasteiger partial charge < -0.3 is 19.7 Å². The lowest BCUT2D eigenvalue weighted by molar-refractivity contribution is 0.00148. The van der Waals surface area contributed by atoms with E-state index in [0.717, 1.165) is 0 Å². The zero-order valence-electron chi connectivity index (χ0n) is 8.69. The third-order valence-corrected chi connectivity index (χ3v) is 2.54. The summed E-state index contributed by atoms with van der Waals surface area (Å²) in [5, 5.41) is 28.2. The van der Waals surface area contributed by atoms with E-state index in [1.54, 1.807) is 10.6 Å². The van der Waals surface area contributed by atoms with Crippen LogP contribution in [0, 0.1) is 0 Å². The van der Waals surface area contributed by atoms with Crippen molar-refractivity contribution < 1.29 is 15.3 Å². The number of aromatic nitrogens is 2. The van der Waals surface area contributed by atoms with Gasteiger partial charge in [0, 0.05) is 12.8 Å². The van der Waals surface area contributed by atoms with Crippen molar-refractivity contribution in [3.05, 3.63) is 36.3 Å². The molecule has 0 saturated carbocycles. The molecular weight excluding hydrogens is 208 g/mol. The van der Waals surface area contributed by atoms with Gasteiger partial charge in [-0.15, -0.1) is 0 Å². The Kier molecular flexibility index (Phi) is 3.19. The van der Waals surface area contributed by atoms with Crippen LogP contribution in [-0.2, 0) is 0 Å². The Morgan fingerprint density at radius 3 is 2.88 bits per heavy atom. The monoisotopic (exact) mass is 222 g/mol. The zero-order valence-corrected chi connectivity index (χ0v) is 8.69. The Labute approximate surface area is 92.6 Å². The Bertz CT molecular complexity index is 469. The van der Waals surface area contributed by atoms with Crippen molar-refractivity contribution >= 4 is 5.65 Å². The SMILES string of the molecule is OCCC(O)C(O)c1cnc2ccccn12. The molecule has 0 spiro atoms. The van der Waals surface area contributed by atoms with Crippen LogP contribution in [0.5, 0.6) is 0 Å². The third kappa shape index (κ3) is 1.92. The maximum Gasteiger partial charge on any atom is 0.136 e. The van der Waals surface area contributed by atoms with Crippen LogP contribution >= 0.6 is 0 Å². The summed E-state index contributed by atoms with van der Waals surface area (Å²) in [6.07, 6.45) is 1.42. The fraction of sp³-hybridized carbons (Fsp3) is 0.364. The quantitative estimate of drug-likeness (QED) is 0.686. The first kappa shape index (κ1) is 11.1. The van der Waals surface area contributed by atoms with Crippen molar-refractivity contribution in [1.29, 1.82) is 0 Å². The van der Waals surface area contributed by atoms with E-state index in [0.29, 0.717) is 11.3 Å². The first-order valence-electron chi connectivity index (χ1n) is 5.13. The highest BCUT2D eigenvalue weighted by Gasteiger charge is 2.20. The number of rotatable bonds is 4. The van der Waals surface area contributed by atoms with E-state index in [9.17, 15) is 10.2 Å². The molecule has 0 aliphatic rings. The fourth-order valence-electron chi connectivity index (χ4n) is 1.66. The standard InChI is InChI=1S/C11H14N2O3/c14-6-4-9(15)11(16)8-7-12-10-3-1-2-5-13(8)10/h1-3,5,7,9,11,14-16H,4,6H2. The molecule has 16 heavy (non-hydrogen) atoms. The first-order chi connectivity index (χ1) is 7.74. The van der Waals surface area contributed by atoms with E-state index < -0.39 is 12.2 Å². The van der Waals surface area contributed by atoms with Crippen molar-refractivity contribution in [2.45, 2.75) is 18.6 Å². The van der Waals surface area contributed by atoms with Crippen LogP contribution in [0.3, 0.4) is 0 Å². The summed E-state index contributed by atoms with van der Waals surface area (Å²) in [6.45, 7) is -0.158. The van der Waals surface area contributed by atoms with Gasteiger partial charge in [0.25, 0.3) is 0 Å². The molecular formula is C11H14N2O3. The highest BCUT2D eigenvalue weighted by Crippen LogP contribution is 2.19. The third-order valence-electron chi connectivity index (χ3n) is 2.54. The van der Waals surface area contributed by atoms with Gasteiger partial charge in [-0.3, -0.25) is 0 Å². The molecule has 5 nitrogen and oxygen atoms in total. The van der Waals surface area contributed by atoms with Gasteiger partial charge in [0.15, 0.2) is 0 Å². The summed E-state index contributed by atoms with van der Waals surface area (Å²) in [5.41, 5.74) is 1.24. The number of hydrogen-bond acceptors (Lipinski definition) is 4. The van der Waals surface area contributed by atoms with Crippen molar-refractivity contribution in [3.8, 4) is 0 Å². The minimum absolute atomic E-state index is 0.140. The maximum absolute atomic E-state index is 9.89. The lowest BCUT2D eigenvalue weighted by atomic mass is 10.1. The molecule has 0 aliphatic carbocycles. The van der Waals surface area contributed by atoms with E-state index in [1.807, 2.05) is 18.2 Å². The second-order valence-corrected chi connectivity index (χ2v) is 3.64. The van der Waals surface area contributed by atoms with Crippen molar-refractivity contribution in [2.75, 3.05) is 6.61 Å². The number of fused-ring (bicyclic) bond motifs is 1. The molecule has 0 fully saturated rings. The molecule has 2 rings (SSSR count). The molecule has 2 aromatic heterocycles. The predicted molar refractivity (Wildman–Crippen MR) is 57.9 cm³/mol. The van der Waals surface area contributed by atoms with Crippen LogP contribution in [0.4, 0.5) is 0 Å². The van der Waals surface area contributed by atoms with Gasteiger partial charge in [-0.2, -0.15) is 0 Å². The Hall–Kier alpha value is -1.43. The summed E-state index contributed by atoms with van der Waals surface area (Å²) >= 11 is 0. The minimum atomic E-state index is -1.04. The molecule has 2 atom stereocenters. The van der Waals surface area contributed by atoms with Crippen LogP contribution in [0.2, 0.25) is 0 Å². The van der Waals surface area contributed by atoms with Crippen LogP contribution in [0.1, 0.15) is 18.2 Å². The molecule has 0 aliphatic heterocycles. The molecule has 0 radical (unpaired) electrons. The van der Waals surface area contributed by atoms with E-state index in [1.165, 1.54) is 6.20 Å². The second-order valence-electron chi connectivity index (χ2n) is 3.64. The number of pyridine rings is 1. The highest BCUT2D eigenvalue weighted by atomic mass is 16.3. The van der Waals surface area contributed by atoms with E-state index in [2.05, 4.69) is 4.98 Å². The zero-order chi connectivity index (χ0) is 11.5. The van der Waals surface area contributed by atoms with Gasteiger partial charge in [0.1, 0.15) is 11.8 Å². The van der Waals surface area contributed by atoms with Gasteiger partial charge in [-0.05, 0) is 18.6 Å². The molecule has 0 saturated heterocycles. The highest BCUT2D eigenvalue weighted by molar-refractivity contribution is 5.40. The average Bonchev–Trinajstić information content (AvgIpc) is 2.72. The van der Waals surface area contributed by atoms with E-state index in [4.69, 9.17) is 5.11 Å². The summed E-state index contributed by atoms with van der Waals surface area (Å²) in [6, 6.07) is 5.49. The minimum Gasteiger partial charge on any atom is -0.396 e. The molecule has 0 aromatic carbocycles. The average molecular weight is 222 g/mol. The number of aliphatic hydroxyl groups is 3. The molecule has 86 valence electrons. The Morgan fingerprint density at radius 1 is 1.31 bits per heavy atom. The summed E-state index contributed by atoms with van der Waals surface area (Å²) in [5.74, 6) is 0. The Morgan fingerprint density at radius 2 is 2.12 bits per heavy atom. The molecule has 0 bridgehead atoms. The lowest BCUT2D eigenvalue weighted by Gasteiger charge is -2.16. The Balaban J connectivity index is 2.32. The van der Waals surface area contributed by atoms with E-state index >= 15 is 0 Å². The number of hydrogen-bond donors (Lipinski definition) is 3. The lowest BCUT2D eigenvalue weighted by Crippen LogP contribution is -2.20. The van der Waals surface area contributed by atoms with Gasteiger partial charge >= 0.3 is 0 Å². The second kappa shape index (κ2) is 4.61. The van der Waals surface area contributed by atoms with Crippen LogP contribution < -0.4 is 0 Å². The molecule has 3 N–H and O–H groups in total. The maximum atomic E-state index is 9.89. The fourth-order valence-corrected chi connectivity index (χ4v) is 1.66. The summed E-state index contributed by atoms with van der Waals surface area (Å²) in [4.78, 5) is 4.11. The topological polar surface area (TPSA) is 78.0 Å².